The van der Waals surface area contributed by atoms with E-state index in [2.05, 4.69) is 23.8 Å². The van der Waals surface area contributed by atoms with E-state index in [4.69, 9.17) is 15.9 Å². The van der Waals surface area contributed by atoms with E-state index in [-0.39, 0.29) is 18.2 Å². The van der Waals surface area contributed by atoms with Gasteiger partial charge in [-0.2, -0.15) is 0 Å². The molecule has 2 saturated heterocycles. The number of carbonyl (C=O) groups is 1. The molecule has 2 aliphatic heterocycles. The third-order valence-corrected chi connectivity index (χ3v) is 5.02. The van der Waals surface area contributed by atoms with Crippen molar-refractivity contribution in [3.8, 4) is 12.3 Å². The second-order valence-corrected chi connectivity index (χ2v) is 8.06. The maximum Gasteiger partial charge on any atom is 0.410 e. The Balaban J connectivity index is 1.64. The molecular weight excluding hydrogens is 328 g/mol. The quantitative estimate of drug-likeness (QED) is 0.726. The monoisotopic (exact) mass is 356 g/mol. The van der Waals surface area contributed by atoms with E-state index in [1.54, 1.807) is 4.90 Å². The van der Waals surface area contributed by atoms with Gasteiger partial charge in [-0.25, -0.2) is 4.79 Å². The number of rotatable bonds is 1. The average Bonchev–Trinajstić information content (AvgIpc) is 2.59. The summed E-state index contributed by atoms with van der Waals surface area (Å²) in [6.45, 7) is 11.3. The Morgan fingerprint density at radius 3 is 2.77 bits per heavy atom. The molecule has 0 radical (unpaired) electrons. The van der Waals surface area contributed by atoms with Crippen LogP contribution in [0.25, 0.3) is 0 Å². The van der Waals surface area contributed by atoms with Gasteiger partial charge in [-0.3, -0.25) is 4.90 Å². The molecular formula is C21H28N2O3. The van der Waals surface area contributed by atoms with Crippen molar-refractivity contribution >= 4 is 6.09 Å². The van der Waals surface area contributed by atoms with E-state index in [1.807, 2.05) is 32.9 Å². The van der Waals surface area contributed by atoms with Crippen LogP contribution in [0.2, 0.25) is 0 Å². The lowest BCUT2D eigenvalue weighted by molar-refractivity contribution is -0.0908. The predicted molar refractivity (Wildman–Crippen MR) is 101 cm³/mol. The largest absolute Gasteiger partial charge is 0.444 e. The summed E-state index contributed by atoms with van der Waals surface area (Å²) in [5.41, 5.74) is 2.73. The number of ether oxygens (including phenoxy) is 2. The smallest absolute Gasteiger partial charge is 0.410 e. The van der Waals surface area contributed by atoms with Gasteiger partial charge >= 0.3 is 6.09 Å². The first-order valence-electron chi connectivity index (χ1n) is 9.18. The molecule has 2 unspecified atom stereocenters. The highest BCUT2D eigenvalue weighted by molar-refractivity contribution is 5.68. The second kappa shape index (κ2) is 7.30. The molecule has 5 heteroatoms. The van der Waals surface area contributed by atoms with Crippen molar-refractivity contribution in [2.45, 2.75) is 45.4 Å². The van der Waals surface area contributed by atoms with Crippen molar-refractivity contribution in [2.75, 3.05) is 32.8 Å². The second-order valence-electron chi connectivity index (χ2n) is 8.06. The zero-order valence-electron chi connectivity index (χ0n) is 16.1. The van der Waals surface area contributed by atoms with Crippen LogP contribution >= 0.6 is 0 Å². The van der Waals surface area contributed by atoms with Gasteiger partial charge in [-0.15, -0.1) is 6.42 Å². The Bertz CT molecular complexity index is 717. The predicted octanol–water partition coefficient (Wildman–Crippen LogP) is 2.97. The molecule has 0 aliphatic carbocycles. The summed E-state index contributed by atoms with van der Waals surface area (Å²) >= 11 is 0. The summed E-state index contributed by atoms with van der Waals surface area (Å²) in [4.78, 5) is 16.5. The number of piperazine rings is 1. The van der Waals surface area contributed by atoms with Crippen LogP contribution < -0.4 is 0 Å². The van der Waals surface area contributed by atoms with Gasteiger partial charge in [0.25, 0.3) is 0 Å². The zero-order chi connectivity index (χ0) is 18.9. The Morgan fingerprint density at radius 2 is 2.08 bits per heavy atom. The molecule has 2 fully saturated rings. The first-order chi connectivity index (χ1) is 12.3. The van der Waals surface area contributed by atoms with Crippen molar-refractivity contribution in [1.29, 1.82) is 0 Å². The number of hydrogen-bond donors (Lipinski definition) is 0. The van der Waals surface area contributed by atoms with Gasteiger partial charge in [0.2, 0.25) is 0 Å². The maximum absolute atomic E-state index is 12.3. The molecule has 2 heterocycles. The van der Waals surface area contributed by atoms with Crippen LogP contribution in [0, 0.1) is 19.3 Å². The molecule has 2 atom stereocenters. The topological polar surface area (TPSA) is 42.0 Å². The van der Waals surface area contributed by atoms with Crippen LogP contribution in [0.3, 0.4) is 0 Å². The van der Waals surface area contributed by atoms with Crippen molar-refractivity contribution < 1.29 is 14.3 Å². The lowest BCUT2D eigenvalue weighted by Gasteiger charge is -2.46. The SMILES string of the molecule is C#Cc1cccc(C2CN3CCN(C(=O)OC(C)(C)C)CC3CO2)c1C. The van der Waals surface area contributed by atoms with Gasteiger partial charge < -0.3 is 14.4 Å². The number of carbonyl (C=O) groups excluding carboxylic acids is 1. The minimum atomic E-state index is -0.470. The summed E-state index contributed by atoms with van der Waals surface area (Å²) in [6.07, 6.45) is 5.37. The van der Waals surface area contributed by atoms with Crippen LogP contribution in [-0.2, 0) is 9.47 Å². The minimum Gasteiger partial charge on any atom is -0.444 e. The number of amides is 1. The van der Waals surface area contributed by atoms with Crippen molar-refractivity contribution in [1.82, 2.24) is 9.80 Å². The molecule has 5 nitrogen and oxygen atoms in total. The van der Waals surface area contributed by atoms with E-state index in [0.717, 1.165) is 29.8 Å². The van der Waals surface area contributed by atoms with E-state index >= 15 is 0 Å². The molecule has 0 N–H and O–H groups in total. The standard InChI is InChI=1S/C21H28N2O3/c1-6-16-8-7-9-18(15(16)2)19-13-22-10-11-23(12-17(22)14-25-19)20(24)26-21(3,4)5/h1,7-9,17,19H,10-14H2,2-5H3. The maximum atomic E-state index is 12.3. The summed E-state index contributed by atoms with van der Waals surface area (Å²) in [6, 6.07) is 6.26. The summed E-state index contributed by atoms with van der Waals surface area (Å²) in [5, 5.41) is 0. The lowest BCUT2D eigenvalue weighted by atomic mass is 9.96. The van der Waals surface area contributed by atoms with E-state index in [9.17, 15) is 4.79 Å². The fourth-order valence-corrected chi connectivity index (χ4v) is 3.62. The third-order valence-electron chi connectivity index (χ3n) is 5.02. The fourth-order valence-electron chi connectivity index (χ4n) is 3.62. The Labute approximate surface area is 156 Å². The van der Waals surface area contributed by atoms with Crippen molar-refractivity contribution in [2.24, 2.45) is 0 Å². The first kappa shape index (κ1) is 18.8. The molecule has 0 saturated carbocycles. The van der Waals surface area contributed by atoms with Crippen LogP contribution in [0.5, 0.6) is 0 Å². The molecule has 2 aliphatic rings. The van der Waals surface area contributed by atoms with E-state index in [1.165, 1.54) is 0 Å². The minimum absolute atomic E-state index is 0.0210. The number of hydrogen-bond acceptors (Lipinski definition) is 4. The highest BCUT2D eigenvalue weighted by Gasteiger charge is 2.37. The van der Waals surface area contributed by atoms with Gasteiger partial charge in [0.05, 0.1) is 18.8 Å². The van der Waals surface area contributed by atoms with Crippen molar-refractivity contribution in [3.63, 3.8) is 0 Å². The van der Waals surface area contributed by atoms with Gasteiger partial charge in [0.1, 0.15) is 5.60 Å². The molecule has 1 aromatic rings. The molecule has 0 bridgehead atoms. The summed E-state index contributed by atoms with van der Waals surface area (Å²) in [7, 11) is 0. The van der Waals surface area contributed by atoms with Gasteiger partial charge in [-0.1, -0.05) is 18.1 Å². The van der Waals surface area contributed by atoms with E-state index in [0.29, 0.717) is 19.7 Å². The molecule has 0 aromatic heterocycles. The van der Waals surface area contributed by atoms with Crippen LogP contribution in [0.15, 0.2) is 18.2 Å². The number of benzene rings is 1. The lowest BCUT2D eigenvalue weighted by Crippen LogP contribution is -2.60. The zero-order valence-corrected chi connectivity index (χ0v) is 16.1. The molecule has 3 rings (SSSR count). The average molecular weight is 356 g/mol. The molecule has 1 aromatic carbocycles. The van der Waals surface area contributed by atoms with E-state index < -0.39 is 5.60 Å². The molecule has 140 valence electrons. The first-order valence-corrected chi connectivity index (χ1v) is 9.18. The highest BCUT2D eigenvalue weighted by atomic mass is 16.6. The molecule has 26 heavy (non-hydrogen) atoms. The number of morpholine rings is 1. The number of terminal acetylenes is 1. The van der Waals surface area contributed by atoms with Gasteiger partial charge in [0.15, 0.2) is 0 Å². The Kier molecular flexibility index (Phi) is 5.27. The Morgan fingerprint density at radius 1 is 1.31 bits per heavy atom. The third kappa shape index (κ3) is 4.03. The van der Waals surface area contributed by atoms with Crippen LogP contribution in [0.1, 0.15) is 43.6 Å². The van der Waals surface area contributed by atoms with Gasteiger partial charge in [-0.05, 0) is 44.9 Å². The van der Waals surface area contributed by atoms with Crippen LogP contribution in [-0.4, -0.2) is 60.3 Å². The summed E-state index contributed by atoms with van der Waals surface area (Å²) < 4.78 is 11.7. The molecule has 1 amide bonds. The Hall–Kier alpha value is -2.03. The van der Waals surface area contributed by atoms with Crippen LogP contribution in [0.4, 0.5) is 4.79 Å². The number of fused-ring (bicyclic) bond motifs is 1. The fraction of sp³-hybridized carbons (Fsp3) is 0.571. The summed E-state index contributed by atoms with van der Waals surface area (Å²) in [5.74, 6) is 2.74. The van der Waals surface area contributed by atoms with Crippen molar-refractivity contribution in [3.05, 3.63) is 34.9 Å². The number of nitrogens with zero attached hydrogens (tertiary/aromatic N) is 2. The molecule has 0 spiro atoms. The normalized spacial score (nSPS) is 23.9. The van der Waals surface area contributed by atoms with Gasteiger partial charge in [0, 0.05) is 31.7 Å². The highest BCUT2D eigenvalue weighted by Crippen LogP contribution is 2.30.